The summed E-state index contributed by atoms with van der Waals surface area (Å²) in [6.07, 6.45) is 0.544. The maximum atomic E-state index is 11.2. The predicted octanol–water partition coefficient (Wildman–Crippen LogP) is 0.0263. The quantitative estimate of drug-likeness (QED) is 0.643. The van der Waals surface area contributed by atoms with Crippen LogP contribution in [-0.4, -0.2) is 52.5 Å². The fourth-order valence-electron chi connectivity index (χ4n) is 0.738. The highest BCUT2D eigenvalue weighted by molar-refractivity contribution is 7.87. The Morgan fingerprint density at radius 1 is 1.50 bits per heavy atom. The fraction of sp³-hybridized carbons (Fsp3) is 1.00. The van der Waals surface area contributed by atoms with Crippen LogP contribution in [0.1, 0.15) is 6.42 Å². The standard InChI is InChI=1S/C7H17ClN2O3S/c1-10(2)14(11,12)9-5-4-7(8)6-13-3/h7,9H,4-6H2,1-3H3. The molecule has 0 aromatic heterocycles. The fourth-order valence-corrected chi connectivity index (χ4v) is 1.61. The molecule has 1 N–H and O–H groups in total. The highest BCUT2D eigenvalue weighted by Gasteiger charge is 2.12. The summed E-state index contributed by atoms with van der Waals surface area (Å²) in [5.41, 5.74) is 0. The highest BCUT2D eigenvalue weighted by atomic mass is 35.5. The molecule has 0 saturated heterocycles. The van der Waals surface area contributed by atoms with Crippen molar-refractivity contribution in [1.29, 1.82) is 0 Å². The van der Waals surface area contributed by atoms with Gasteiger partial charge in [0, 0.05) is 27.7 Å². The first-order chi connectivity index (χ1) is 6.40. The molecule has 0 aliphatic carbocycles. The molecule has 0 aromatic rings. The van der Waals surface area contributed by atoms with Crippen LogP contribution in [0.2, 0.25) is 0 Å². The number of halogens is 1. The molecular weight excluding hydrogens is 228 g/mol. The average Bonchev–Trinajstić information content (AvgIpc) is 2.04. The van der Waals surface area contributed by atoms with E-state index in [0.29, 0.717) is 19.6 Å². The molecule has 0 aliphatic heterocycles. The molecule has 86 valence electrons. The SMILES string of the molecule is COCC(Cl)CCNS(=O)(=O)N(C)C. The Labute approximate surface area is 90.6 Å². The summed E-state index contributed by atoms with van der Waals surface area (Å²) in [5, 5.41) is -0.162. The predicted molar refractivity (Wildman–Crippen MR) is 56.7 cm³/mol. The van der Waals surface area contributed by atoms with E-state index in [1.807, 2.05) is 0 Å². The third kappa shape index (κ3) is 5.77. The van der Waals surface area contributed by atoms with E-state index in [2.05, 4.69) is 4.72 Å². The van der Waals surface area contributed by atoms with Gasteiger partial charge in [-0.3, -0.25) is 0 Å². The van der Waals surface area contributed by atoms with Gasteiger partial charge in [0.15, 0.2) is 0 Å². The molecule has 0 heterocycles. The summed E-state index contributed by atoms with van der Waals surface area (Å²) in [5.74, 6) is 0. The first kappa shape index (κ1) is 14.1. The third-order valence-corrected chi connectivity index (χ3v) is 3.44. The first-order valence-corrected chi connectivity index (χ1v) is 6.08. The Hall–Kier alpha value is 0.120. The number of rotatable bonds is 7. The molecular formula is C7H17ClN2O3S. The van der Waals surface area contributed by atoms with Crippen LogP contribution in [0.3, 0.4) is 0 Å². The number of alkyl halides is 1. The maximum absolute atomic E-state index is 11.2. The summed E-state index contributed by atoms with van der Waals surface area (Å²) in [6.45, 7) is 0.739. The molecule has 0 saturated carbocycles. The van der Waals surface area contributed by atoms with Gasteiger partial charge in [-0.25, -0.2) is 4.72 Å². The minimum absolute atomic E-state index is 0.162. The summed E-state index contributed by atoms with van der Waals surface area (Å²) in [6, 6.07) is 0. The number of hydrogen-bond donors (Lipinski definition) is 1. The van der Waals surface area contributed by atoms with Crippen LogP contribution in [0.25, 0.3) is 0 Å². The van der Waals surface area contributed by atoms with E-state index in [1.54, 1.807) is 7.11 Å². The van der Waals surface area contributed by atoms with Crippen LogP contribution in [-0.2, 0) is 14.9 Å². The van der Waals surface area contributed by atoms with Crippen molar-refractivity contribution in [3.8, 4) is 0 Å². The molecule has 0 radical (unpaired) electrons. The van der Waals surface area contributed by atoms with Crippen molar-refractivity contribution >= 4 is 21.8 Å². The van der Waals surface area contributed by atoms with Gasteiger partial charge in [0.05, 0.1) is 12.0 Å². The number of ether oxygens (including phenoxy) is 1. The van der Waals surface area contributed by atoms with Gasteiger partial charge >= 0.3 is 0 Å². The minimum Gasteiger partial charge on any atom is -0.383 e. The molecule has 7 heteroatoms. The van der Waals surface area contributed by atoms with Crippen molar-refractivity contribution < 1.29 is 13.2 Å². The summed E-state index contributed by atoms with van der Waals surface area (Å²) < 4.78 is 30.8. The summed E-state index contributed by atoms with van der Waals surface area (Å²) >= 11 is 5.82. The number of nitrogens with one attached hydrogen (secondary N) is 1. The Kier molecular flexibility index (Phi) is 6.63. The lowest BCUT2D eigenvalue weighted by Crippen LogP contribution is -2.36. The second-order valence-corrected chi connectivity index (χ2v) is 5.61. The van der Waals surface area contributed by atoms with E-state index in [1.165, 1.54) is 14.1 Å². The van der Waals surface area contributed by atoms with Crippen LogP contribution >= 0.6 is 11.6 Å². The number of methoxy groups -OCH3 is 1. The van der Waals surface area contributed by atoms with Gasteiger partial charge in [0.25, 0.3) is 10.2 Å². The van der Waals surface area contributed by atoms with Crippen molar-refractivity contribution in [2.75, 3.05) is 34.4 Å². The van der Waals surface area contributed by atoms with Crippen LogP contribution in [0, 0.1) is 0 Å². The van der Waals surface area contributed by atoms with E-state index in [9.17, 15) is 8.42 Å². The Morgan fingerprint density at radius 2 is 2.07 bits per heavy atom. The number of hydrogen-bond acceptors (Lipinski definition) is 3. The monoisotopic (exact) mass is 244 g/mol. The Balaban J connectivity index is 3.74. The minimum atomic E-state index is -3.32. The van der Waals surface area contributed by atoms with E-state index in [0.717, 1.165) is 4.31 Å². The van der Waals surface area contributed by atoms with Crippen molar-refractivity contribution in [1.82, 2.24) is 9.03 Å². The van der Waals surface area contributed by atoms with Crippen LogP contribution in [0.4, 0.5) is 0 Å². The first-order valence-electron chi connectivity index (χ1n) is 4.20. The molecule has 0 fully saturated rings. The zero-order valence-corrected chi connectivity index (χ0v) is 10.2. The van der Waals surface area contributed by atoms with Crippen LogP contribution < -0.4 is 4.72 Å². The van der Waals surface area contributed by atoms with Crippen LogP contribution in [0.5, 0.6) is 0 Å². The van der Waals surface area contributed by atoms with Gasteiger partial charge in [-0.2, -0.15) is 12.7 Å². The molecule has 0 aliphatic rings. The topological polar surface area (TPSA) is 58.6 Å². The highest BCUT2D eigenvalue weighted by Crippen LogP contribution is 2.01. The van der Waals surface area contributed by atoms with E-state index in [4.69, 9.17) is 16.3 Å². The molecule has 1 atom stereocenters. The largest absolute Gasteiger partial charge is 0.383 e. The normalized spacial score (nSPS) is 14.6. The Morgan fingerprint density at radius 3 is 2.50 bits per heavy atom. The molecule has 0 bridgehead atoms. The van der Waals surface area contributed by atoms with Gasteiger partial charge in [0.2, 0.25) is 0 Å². The van der Waals surface area contributed by atoms with Crippen molar-refractivity contribution in [3.63, 3.8) is 0 Å². The average molecular weight is 245 g/mol. The van der Waals surface area contributed by atoms with Crippen LogP contribution in [0.15, 0.2) is 0 Å². The third-order valence-electron chi connectivity index (χ3n) is 1.57. The zero-order valence-electron chi connectivity index (χ0n) is 8.66. The van der Waals surface area contributed by atoms with E-state index < -0.39 is 10.2 Å². The second kappa shape index (κ2) is 6.58. The summed E-state index contributed by atoms with van der Waals surface area (Å²) in [4.78, 5) is 0. The lowest BCUT2D eigenvalue weighted by atomic mass is 10.3. The van der Waals surface area contributed by atoms with Gasteiger partial charge in [-0.1, -0.05) is 0 Å². The lowest BCUT2D eigenvalue weighted by Gasteiger charge is -2.13. The zero-order chi connectivity index (χ0) is 11.2. The maximum Gasteiger partial charge on any atom is 0.278 e. The smallest absolute Gasteiger partial charge is 0.278 e. The molecule has 0 amide bonds. The second-order valence-electron chi connectivity index (χ2n) is 3.02. The molecule has 1 unspecified atom stereocenters. The van der Waals surface area contributed by atoms with Crippen molar-refractivity contribution in [3.05, 3.63) is 0 Å². The van der Waals surface area contributed by atoms with Crippen molar-refractivity contribution in [2.24, 2.45) is 0 Å². The Bertz CT molecular complexity index is 243. The molecule has 14 heavy (non-hydrogen) atoms. The van der Waals surface area contributed by atoms with Gasteiger partial charge in [0.1, 0.15) is 0 Å². The summed E-state index contributed by atoms with van der Waals surface area (Å²) in [7, 11) is 1.17. The van der Waals surface area contributed by atoms with Crippen molar-refractivity contribution in [2.45, 2.75) is 11.8 Å². The van der Waals surface area contributed by atoms with Gasteiger partial charge in [-0.05, 0) is 6.42 Å². The van der Waals surface area contributed by atoms with Gasteiger partial charge < -0.3 is 4.74 Å². The number of nitrogens with zero attached hydrogens (tertiary/aromatic N) is 1. The molecule has 0 aromatic carbocycles. The van der Waals surface area contributed by atoms with E-state index in [-0.39, 0.29) is 5.38 Å². The van der Waals surface area contributed by atoms with Gasteiger partial charge in [-0.15, -0.1) is 11.6 Å². The molecule has 0 rings (SSSR count). The van der Waals surface area contributed by atoms with E-state index >= 15 is 0 Å². The lowest BCUT2D eigenvalue weighted by molar-refractivity contribution is 0.196. The molecule has 5 nitrogen and oxygen atoms in total. The molecule has 0 spiro atoms.